The maximum atomic E-state index is 12.0. The lowest BCUT2D eigenvalue weighted by Crippen LogP contribution is -2.33. The number of aromatic amines is 1. The summed E-state index contributed by atoms with van der Waals surface area (Å²) in [5.74, 6) is -1.81. The van der Waals surface area contributed by atoms with Gasteiger partial charge in [-0.2, -0.15) is 0 Å². The molecule has 1 aromatic heterocycles. The van der Waals surface area contributed by atoms with Gasteiger partial charge in [-0.3, -0.25) is 9.59 Å². The zero-order valence-corrected chi connectivity index (χ0v) is 12.8. The highest BCUT2D eigenvalue weighted by Crippen LogP contribution is 2.17. The van der Waals surface area contributed by atoms with Crippen molar-refractivity contribution >= 4 is 22.8 Å². The summed E-state index contributed by atoms with van der Waals surface area (Å²) in [5, 5.41) is 3.26. The quantitative estimate of drug-likeness (QED) is 0.661. The van der Waals surface area contributed by atoms with E-state index in [4.69, 9.17) is 0 Å². The van der Waals surface area contributed by atoms with E-state index in [1.165, 1.54) is 0 Å². The number of aromatic nitrogens is 1. The fourth-order valence-corrected chi connectivity index (χ4v) is 2.10. The van der Waals surface area contributed by atoms with E-state index in [2.05, 4.69) is 15.0 Å². The maximum Gasteiger partial charge on any atom is 0.396 e. The van der Waals surface area contributed by atoms with Crippen molar-refractivity contribution in [3.63, 3.8) is 0 Å². The van der Waals surface area contributed by atoms with E-state index in [1.807, 2.05) is 26.0 Å². The topological polar surface area (TPSA) is 88.3 Å². The molecule has 6 nitrogen and oxygen atoms in total. The van der Waals surface area contributed by atoms with Gasteiger partial charge in [-0.25, -0.2) is 4.79 Å². The Morgan fingerprint density at radius 3 is 2.55 bits per heavy atom. The summed E-state index contributed by atoms with van der Waals surface area (Å²) in [6, 6.07) is 5.59. The van der Waals surface area contributed by atoms with Crippen LogP contribution in [0.3, 0.4) is 0 Å². The number of carbonyl (C=O) groups excluding carboxylic acids is 2. The summed E-state index contributed by atoms with van der Waals surface area (Å²) >= 11 is 0. The first kappa shape index (κ1) is 15.8. The summed E-state index contributed by atoms with van der Waals surface area (Å²) < 4.78 is 4.58. The minimum atomic E-state index is -0.953. The van der Waals surface area contributed by atoms with Crippen molar-refractivity contribution in [1.82, 2.24) is 10.3 Å². The molecule has 0 saturated heterocycles. The van der Waals surface area contributed by atoms with E-state index in [9.17, 15) is 14.4 Å². The second kappa shape index (κ2) is 6.43. The molecule has 0 fully saturated rings. The molecular weight excluding hydrogens is 284 g/mol. The molecule has 22 heavy (non-hydrogen) atoms. The van der Waals surface area contributed by atoms with Crippen LogP contribution in [0.15, 0.2) is 23.0 Å². The first-order valence-electron chi connectivity index (χ1n) is 7.00. The van der Waals surface area contributed by atoms with Crippen LogP contribution >= 0.6 is 0 Å². The Morgan fingerprint density at radius 1 is 1.18 bits per heavy atom. The Balaban J connectivity index is 2.23. The Labute approximate surface area is 127 Å². The van der Waals surface area contributed by atoms with Crippen molar-refractivity contribution < 1.29 is 14.3 Å². The first-order valence-corrected chi connectivity index (χ1v) is 7.00. The van der Waals surface area contributed by atoms with Gasteiger partial charge >= 0.3 is 11.9 Å². The molecule has 2 aromatic rings. The fourth-order valence-electron chi connectivity index (χ4n) is 2.10. The third kappa shape index (κ3) is 3.33. The number of carbonyl (C=O) groups is 2. The van der Waals surface area contributed by atoms with Crippen molar-refractivity contribution in [2.24, 2.45) is 0 Å². The number of amides is 1. The van der Waals surface area contributed by atoms with E-state index in [-0.39, 0.29) is 18.7 Å². The Morgan fingerprint density at radius 2 is 1.86 bits per heavy atom. The van der Waals surface area contributed by atoms with Gasteiger partial charge in [-0.15, -0.1) is 0 Å². The molecule has 6 heteroatoms. The molecule has 1 heterocycles. The van der Waals surface area contributed by atoms with Crippen molar-refractivity contribution in [2.45, 2.75) is 27.3 Å². The Bertz CT molecular complexity index is 793. The monoisotopic (exact) mass is 302 g/mol. The summed E-state index contributed by atoms with van der Waals surface area (Å²) in [5.41, 5.74) is 3.04. The van der Waals surface area contributed by atoms with Gasteiger partial charge in [0.1, 0.15) is 0 Å². The van der Waals surface area contributed by atoms with Crippen LogP contribution in [-0.2, 0) is 20.9 Å². The van der Waals surface area contributed by atoms with Gasteiger partial charge in [0, 0.05) is 17.6 Å². The number of aryl methyl sites for hydroxylation is 2. The van der Waals surface area contributed by atoms with Gasteiger partial charge in [0.05, 0.1) is 6.61 Å². The average molecular weight is 302 g/mol. The van der Waals surface area contributed by atoms with Crippen LogP contribution in [0, 0.1) is 13.8 Å². The van der Waals surface area contributed by atoms with Crippen LogP contribution in [0.25, 0.3) is 10.9 Å². The lowest BCUT2D eigenvalue weighted by molar-refractivity contribution is -0.154. The number of hydrogen-bond donors (Lipinski definition) is 2. The second-order valence-electron chi connectivity index (χ2n) is 5.05. The zero-order valence-electron chi connectivity index (χ0n) is 12.8. The molecular formula is C16H18N2O4. The highest BCUT2D eigenvalue weighted by atomic mass is 16.5. The number of H-pyrrole nitrogens is 1. The standard InChI is InChI=1S/C16H18N2O4/c1-4-22-16(21)15(20)17-8-12-7-11-5-9(2)10(3)6-13(11)18-14(12)19/h5-7H,4,8H2,1-3H3,(H,17,20)(H,18,19). The van der Waals surface area contributed by atoms with Crippen LogP contribution in [0.5, 0.6) is 0 Å². The van der Waals surface area contributed by atoms with Gasteiger partial charge in [-0.1, -0.05) is 0 Å². The lowest BCUT2D eigenvalue weighted by Gasteiger charge is -2.07. The largest absolute Gasteiger partial charge is 0.459 e. The molecule has 2 rings (SSSR count). The van der Waals surface area contributed by atoms with Crippen LogP contribution < -0.4 is 10.9 Å². The number of fused-ring (bicyclic) bond motifs is 1. The molecule has 1 aromatic carbocycles. The molecule has 0 aliphatic heterocycles. The van der Waals surface area contributed by atoms with E-state index < -0.39 is 11.9 Å². The predicted octanol–water partition coefficient (Wildman–Crippen LogP) is 1.32. The van der Waals surface area contributed by atoms with Crippen LogP contribution in [0.1, 0.15) is 23.6 Å². The van der Waals surface area contributed by atoms with Crippen LogP contribution in [0.2, 0.25) is 0 Å². The number of nitrogens with one attached hydrogen (secondary N) is 2. The van der Waals surface area contributed by atoms with Crippen molar-refractivity contribution in [1.29, 1.82) is 0 Å². The van der Waals surface area contributed by atoms with Crippen molar-refractivity contribution in [2.75, 3.05) is 6.61 Å². The van der Waals surface area contributed by atoms with Gasteiger partial charge in [-0.05, 0) is 55.5 Å². The molecule has 0 atom stereocenters. The third-order valence-corrected chi connectivity index (χ3v) is 3.44. The van der Waals surface area contributed by atoms with E-state index in [0.717, 1.165) is 22.0 Å². The minimum Gasteiger partial charge on any atom is -0.459 e. The maximum absolute atomic E-state index is 12.0. The summed E-state index contributed by atoms with van der Waals surface area (Å²) in [4.78, 5) is 37.5. The molecule has 0 radical (unpaired) electrons. The highest BCUT2D eigenvalue weighted by molar-refractivity contribution is 6.32. The summed E-state index contributed by atoms with van der Waals surface area (Å²) in [6.45, 7) is 5.67. The number of hydrogen-bond acceptors (Lipinski definition) is 4. The van der Waals surface area contributed by atoms with E-state index in [0.29, 0.717) is 5.56 Å². The number of benzene rings is 1. The summed E-state index contributed by atoms with van der Waals surface area (Å²) in [7, 11) is 0. The molecule has 0 bridgehead atoms. The van der Waals surface area contributed by atoms with E-state index in [1.54, 1.807) is 13.0 Å². The molecule has 0 saturated carbocycles. The lowest BCUT2D eigenvalue weighted by atomic mass is 10.1. The highest BCUT2D eigenvalue weighted by Gasteiger charge is 2.14. The molecule has 0 aliphatic rings. The second-order valence-corrected chi connectivity index (χ2v) is 5.05. The summed E-state index contributed by atoms with van der Waals surface area (Å²) in [6.07, 6.45) is 0. The molecule has 0 aliphatic carbocycles. The van der Waals surface area contributed by atoms with Gasteiger partial charge in [0.25, 0.3) is 5.56 Å². The van der Waals surface area contributed by atoms with Crippen LogP contribution in [-0.4, -0.2) is 23.5 Å². The zero-order chi connectivity index (χ0) is 16.3. The van der Waals surface area contributed by atoms with Gasteiger partial charge in [0.15, 0.2) is 0 Å². The Kier molecular flexibility index (Phi) is 4.60. The Hall–Kier alpha value is -2.63. The molecule has 1 amide bonds. The van der Waals surface area contributed by atoms with Crippen molar-refractivity contribution in [3.8, 4) is 0 Å². The van der Waals surface area contributed by atoms with Crippen molar-refractivity contribution in [3.05, 3.63) is 45.2 Å². The third-order valence-electron chi connectivity index (χ3n) is 3.44. The molecule has 2 N–H and O–H groups in total. The number of pyridine rings is 1. The molecule has 0 spiro atoms. The minimum absolute atomic E-state index is 0.0319. The molecule has 0 unspecified atom stereocenters. The first-order chi connectivity index (χ1) is 10.4. The van der Waals surface area contributed by atoms with E-state index >= 15 is 0 Å². The normalized spacial score (nSPS) is 10.5. The SMILES string of the molecule is CCOC(=O)C(=O)NCc1cc2cc(C)c(C)cc2[nH]c1=O. The van der Waals surface area contributed by atoms with Gasteiger partial charge < -0.3 is 15.0 Å². The smallest absolute Gasteiger partial charge is 0.396 e. The number of esters is 1. The predicted molar refractivity (Wildman–Crippen MR) is 82.5 cm³/mol. The number of rotatable bonds is 3. The molecule has 116 valence electrons. The average Bonchev–Trinajstić information content (AvgIpc) is 2.47. The van der Waals surface area contributed by atoms with Gasteiger partial charge in [0.2, 0.25) is 0 Å². The fraction of sp³-hybridized carbons (Fsp3) is 0.312. The van der Waals surface area contributed by atoms with Crippen LogP contribution in [0.4, 0.5) is 0 Å². The number of ether oxygens (including phenoxy) is 1.